The topological polar surface area (TPSA) is 79.7 Å². The Hall–Kier alpha value is -4.12. The van der Waals surface area contributed by atoms with E-state index in [0.717, 1.165) is 23.4 Å². The molecule has 38 heavy (non-hydrogen) atoms. The van der Waals surface area contributed by atoms with Gasteiger partial charge in [0.25, 0.3) is 5.56 Å². The minimum absolute atomic E-state index is 0.171. The lowest BCUT2D eigenvalue weighted by Gasteiger charge is -2.28. The molecule has 1 N–H and O–H groups in total. The number of benzene rings is 2. The monoisotopic (exact) mass is 534 g/mol. The third-order valence-electron chi connectivity index (χ3n) is 6.40. The van der Waals surface area contributed by atoms with Crippen LogP contribution < -0.4 is 10.5 Å². The number of para-hydroxylation sites is 1. The number of thioether (sulfide) groups is 1. The number of aromatic nitrogens is 5. The van der Waals surface area contributed by atoms with Gasteiger partial charge < -0.3 is 9.88 Å². The molecule has 7 nitrogen and oxygen atoms in total. The summed E-state index contributed by atoms with van der Waals surface area (Å²) in [6, 6.07) is 16.6. The van der Waals surface area contributed by atoms with E-state index in [1.54, 1.807) is 17.0 Å². The molecule has 0 unspecified atom stereocenters. The smallest absolute Gasteiger partial charge is 0.337 e. The van der Waals surface area contributed by atoms with Crippen molar-refractivity contribution in [2.45, 2.75) is 30.1 Å². The standard InChI is InChI=1S/C27H21F3N6OS/c28-27(29,30)18-8-9-22-23(13-18)33-25(32-22)35-12-10-21-20(15-35)24(37)36(19-6-2-1-3-7-19)26(34-21)38-16-17-5-4-11-31-14-17/h1-9,11,13-14H,10,12,15-16H2,(H,32,33). The minimum Gasteiger partial charge on any atom is -0.337 e. The number of halogens is 3. The first kappa shape index (κ1) is 24.2. The number of pyridine rings is 1. The highest BCUT2D eigenvalue weighted by atomic mass is 32.2. The lowest BCUT2D eigenvalue weighted by molar-refractivity contribution is -0.137. The van der Waals surface area contributed by atoms with Crippen LogP contribution in [0.3, 0.4) is 0 Å². The quantitative estimate of drug-likeness (QED) is 0.241. The average Bonchev–Trinajstić information content (AvgIpc) is 3.36. The molecule has 1 aliphatic rings. The van der Waals surface area contributed by atoms with Crippen molar-refractivity contribution in [3.05, 3.63) is 106 Å². The fourth-order valence-corrected chi connectivity index (χ4v) is 5.45. The highest BCUT2D eigenvalue weighted by Gasteiger charge is 2.31. The van der Waals surface area contributed by atoms with Crippen molar-refractivity contribution < 1.29 is 13.2 Å². The van der Waals surface area contributed by atoms with Crippen LogP contribution in [0, 0.1) is 0 Å². The van der Waals surface area contributed by atoms with Gasteiger partial charge in [-0.05, 0) is 42.0 Å². The van der Waals surface area contributed by atoms with E-state index in [1.165, 1.54) is 17.8 Å². The maximum absolute atomic E-state index is 13.9. The molecule has 3 aromatic heterocycles. The molecule has 0 amide bonds. The van der Waals surface area contributed by atoms with Gasteiger partial charge in [0, 0.05) is 31.1 Å². The first-order valence-corrected chi connectivity index (χ1v) is 12.9. The van der Waals surface area contributed by atoms with Crippen molar-refractivity contribution in [2.24, 2.45) is 0 Å². The van der Waals surface area contributed by atoms with E-state index in [4.69, 9.17) is 4.98 Å². The van der Waals surface area contributed by atoms with Crippen LogP contribution in [0.1, 0.15) is 22.4 Å². The Labute approximate surface area is 219 Å². The SMILES string of the molecule is O=c1c2c(nc(SCc3cccnc3)n1-c1ccccc1)CCN(c1nc3ccc(C(F)(F)F)cc3[nH]1)C2. The van der Waals surface area contributed by atoms with Gasteiger partial charge in [-0.15, -0.1) is 0 Å². The number of rotatable bonds is 5. The number of H-pyrrole nitrogens is 1. The maximum atomic E-state index is 13.9. The average molecular weight is 535 g/mol. The van der Waals surface area contributed by atoms with Gasteiger partial charge in [0.05, 0.1) is 40.1 Å². The number of fused-ring (bicyclic) bond motifs is 2. The summed E-state index contributed by atoms with van der Waals surface area (Å²) in [6.45, 7) is 0.765. The highest BCUT2D eigenvalue weighted by Crippen LogP contribution is 2.32. The Morgan fingerprint density at radius 1 is 1.03 bits per heavy atom. The summed E-state index contributed by atoms with van der Waals surface area (Å²) >= 11 is 1.47. The van der Waals surface area contributed by atoms with Gasteiger partial charge in [-0.25, -0.2) is 9.97 Å². The number of imidazole rings is 1. The molecule has 0 spiro atoms. The summed E-state index contributed by atoms with van der Waals surface area (Å²) < 4.78 is 41.1. The van der Waals surface area contributed by atoms with E-state index in [9.17, 15) is 18.0 Å². The number of nitrogens with one attached hydrogen (secondary N) is 1. The Balaban J connectivity index is 1.36. The molecular formula is C27H21F3N6OS. The van der Waals surface area contributed by atoms with E-state index in [0.29, 0.717) is 52.1 Å². The van der Waals surface area contributed by atoms with Crippen molar-refractivity contribution in [3.63, 3.8) is 0 Å². The highest BCUT2D eigenvalue weighted by molar-refractivity contribution is 7.98. The third-order valence-corrected chi connectivity index (χ3v) is 7.41. The van der Waals surface area contributed by atoms with Crippen LogP contribution in [0.15, 0.2) is 83.0 Å². The van der Waals surface area contributed by atoms with Crippen LogP contribution >= 0.6 is 11.8 Å². The first-order chi connectivity index (χ1) is 18.4. The number of nitrogens with zero attached hydrogens (tertiary/aromatic N) is 5. The van der Waals surface area contributed by atoms with E-state index in [2.05, 4.69) is 15.0 Å². The molecule has 11 heteroatoms. The second-order valence-corrected chi connectivity index (χ2v) is 9.85. The summed E-state index contributed by atoms with van der Waals surface area (Å²) in [5.41, 5.74) is 2.81. The molecule has 0 saturated heterocycles. The molecule has 2 aromatic carbocycles. The van der Waals surface area contributed by atoms with Crippen molar-refractivity contribution in [3.8, 4) is 5.69 Å². The Kier molecular flexibility index (Phi) is 6.15. The number of alkyl halides is 3. The number of aromatic amines is 1. The van der Waals surface area contributed by atoms with Crippen molar-refractivity contribution in [2.75, 3.05) is 11.4 Å². The molecule has 1 aliphatic heterocycles. The van der Waals surface area contributed by atoms with Gasteiger partial charge in [-0.2, -0.15) is 13.2 Å². The van der Waals surface area contributed by atoms with Crippen LogP contribution in [0.5, 0.6) is 0 Å². The van der Waals surface area contributed by atoms with Crippen LogP contribution in [0.4, 0.5) is 19.1 Å². The molecule has 0 radical (unpaired) electrons. The zero-order valence-electron chi connectivity index (χ0n) is 19.9. The third kappa shape index (κ3) is 4.65. The normalized spacial score (nSPS) is 13.6. The second kappa shape index (κ2) is 9.64. The molecule has 6 rings (SSSR count). The van der Waals surface area contributed by atoms with Crippen molar-refractivity contribution in [1.29, 1.82) is 0 Å². The molecule has 0 atom stereocenters. The lowest BCUT2D eigenvalue weighted by atomic mass is 10.1. The van der Waals surface area contributed by atoms with Crippen LogP contribution in [0.25, 0.3) is 16.7 Å². The molecule has 192 valence electrons. The predicted octanol–water partition coefficient (Wildman–Crippen LogP) is 5.38. The zero-order valence-corrected chi connectivity index (χ0v) is 20.8. The maximum Gasteiger partial charge on any atom is 0.416 e. The number of anilines is 1. The Morgan fingerprint density at radius 3 is 2.63 bits per heavy atom. The summed E-state index contributed by atoms with van der Waals surface area (Å²) in [6.07, 6.45) is -0.427. The molecular weight excluding hydrogens is 513 g/mol. The molecule has 0 bridgehead atoms. The van der Waals surface area contributed by atoms with E-state index in [1.807, 2.05) is 47.4 Å². The predicted molar refractivity (Wildman–Crippen MR) is 139 cm³/mol. The van der Waals surface area contributed by atoms with Gasteiger partial charge in [0.1, 0.15) is 0 Å². The zero-order chi connectivity index (χ0) is 26.3. The fourth-order valence-electron chi connectivity index (χ4n) is 4.49. The van der Waals surface area contributed by atoms with Gasteiger partial charge >= 0.3 is 6.18 Å². The van der Waals surface area contributed by atoms with Crippen LogP contribution in [-0.2, 0) is 24.9 Å². The van der Waals surface area contributed by atoms with E-state index < -0.39 is 11.7 Å². The van der Waals surface area contributed by atoms with Gasteiger partial charge in [0.15, 0.2) is 5.16 Å². The Bertz CT molecular complexity index is 1670. The van der Waals surface area contributed by atoms with Gasteiger partial charge in [-0.3, -0.25) is 14.3 Å². The molecule has 0 fully saturated rings. The summed E-state index contributed by atoms with van der Waals surface area (Å²) in [5, 5.41) is 0.598. The lowest BCUT2D eigenvalue weighted by Crippen LogP contribution is -2.38. The summed E-state index contributed by atoms with van der Waals surface area (Å²) in [4.78, 5) is 32.3. The Morgan fingerprint density at radius 2 is 1.87 bits per heavy atom. The summed E-state index contributed by atoms with van der Waals surface area (Å²) in [7, 11) is 0. The second-order valence-electron chi connectivity index (χ2n) is 8.91. The minimum atomic E-state index is -4.44. The first-order valence-electron chi connectivity index (χ1n) is 11.9. The van der Waals surface area contributed by atoms with Gasteiger partial charge in [-0.1, -0.05) is 36.0 Å². The van der Waals surface area contributed by atoms with Crippen LogP contribution in [-0.4, -0.2) is 31.0 Å². The van der Waals surface area contributed by atoms with E-state index >= 15 is 0 Å². The van der Waals surface area contributed by atoms with Crippen LogP contribution in [0.2, 0.25) is 0 Å². The largest absolute Gasteiger partial charge is 0.416 e. The molecule has 4 heterocycles. The summed E-state index contributed by atoms with van der Waals surface area (Å²) in [5.74, 6) is 1.03. The van der Waals surface area contributed by atoms with Crippen molar-refractivity contribution in [1.82, 2.24) is 24.5 Å². The molecule has 0 saturated carbocycles. The molecule has 5 aromatic rings. The van der Waals surface area contributed by atoms with Crippen molar-refractivity contribution >= 4 is 28.7 Å². The number of hydrogen-bond donors (Lipinski definition) is 1. The van der Waals surface area contributed by atoms with Gasteiger partial charge in [0.2, 0.25) is 5.95 Å². The molecule has 0 aliphatic carbocycles. The fraction of sp³-hybridized carbons (Fsp3) is 0.185. The number of hydrogen-bond acceptors (Lipinski definition) is 6. The van der Waals surface area contributed by atoms with E-state index in [-0.39, 0.29) is 12.1 Å².